The number of fused-ring (bicyclic) bond motifs is 3. The van der Waals surface area contributed by atoms with E-state index in [1.807, 2.05) is 24.3 Å². The molecule has 0 aromatic heterocycles. The van der Waals surface area contributed by atoms with Crippen LogP contribution in [-0.4, -0.2) is 56.1 Å². The minimum Gasteiger partial charge on any atom is -0.448 e. The van der Waals surface area contributed by atoms with E-state index >= 15 is 0 Å². The molecule has 2 aliphatic heterocycles. The minimum absolute atomic E-state index is 0.0692. The van der Waals surface area contributed by atoms with Crippen LogP contribution in [0.1, 0.15) is 23.5 Å². The maximum Gasteiger partial charge on any atom is 0.410 e. The summed E-state index contributed by atoms with van der Waals surface area (Å²) in [5.74, 6) is 6.21. The fraction of sp³-hybridized carbons (Fsp3) is 0.375. The van der Waals surface area contributed by atoms with E-state index in [1.54, 1.807) is 4.90 Å². The van der Waals surface area contributed by atoms with Gasteiger partial charge in [0.2, 0.25) is 0 Å². The molecule has 0 N–H and O–H groups in total. The van der Waals surface area contributed by atoms with E-state index in [1.165, 1.54) is 22.3 Å². The quantitative estimate of drug-likeness (QED) is 0.739. The third-order valence-electron chi connectivity index (χ3n) is 5.79. The number of carbonyl (C=O) groups is 1. The smallest absolute Gasteiger partial charge is 0.410 e. The van der Waals surface area contributed by atoms with Crippen LogP contribution in [0.4, 0.5) is 4.79 Å². The molecular formula is C24H23NO4. The maximum atomic E-state index is 12.6. The number of benzene rings is 2. The summed E-state index contributed by atoms with van der Waals surface area (Å²) in [6.45, 7) is 2.87. The highest BCUT2D eigenvalue weighted by molar-refractivity contribution is 5.79. The zero-order chi connectivity index (χ0) is 19.7. The van der Waals surface area contributed by atoms with Crippen molar-refractivity contribution in [3.63, 3.8) is 0 Å². The molecule has 1 saturated heterocycles. The van der Waals surface area contributed by atoms with Gasteiger partial charge in [-0.05, 0) is 28.7 Å². The molecule has 1 fully saturated rings. The second-order valence-corrected chi connectivity index (χ2v) is 7.71. The molecule has 1 amide bonds. The fourth-order valence-corrected chi connectivity index (χ4v) is 4.34. The highest BCUT2D eigenvalue weighted by Crippen LogP contribution is 2.44. The van der Waals surface area contributed by atoms with Crippen molar-refractivity contribution in [2.45, 2.75) is 17.9 Å². The summed E-state index contributed by atoms with van der Waals surface area (Å²) in [7, 11) is 0. The van der Waals surface area contributed by atoms with Gasteiger partial charge in [0.15, 0.2) is 5.60 Å². The average Bonchev–Trinajstić information content (AvgIpc) is 3.10. The Labute approximate surface area is 170 Å². The standard InChI is InChI=1S/C24H23NO4/c26-23(25-16-24(17-25)11-5-12-27-13-6-14-29-24)28-15-22-20-9-3-1-7-18(20)19-8-2-4-10-21(19)22/h1-4,7-10,22H,6,12-17H2. The van der Waals surface area contributed by atoms with Crippen LogP contribution in [0.3, 0.4) is 0 Å². The molecule has 0 radical (unpaired) electrons. The number of ether oxygens (including phenoxy) is 3. The molecule has 0 bridgehead atoms. The van der Waals surface area contributed by atoms with Gasteiger partial charge in [-0.15, -0.1) is 0 Å². The SMILES string of the molecule is O=C(OCC1c2ccccc2-c2ccccc21)N1CC2(C#CCOCCCO2)C1. The largest absolute Gasteiger partial charge is 0.448 e. The van der Waals surface area contributed by atoms with Crippen LogP contribution in [0.2, 0.25) is 0 Å². The maximum absolute atomic E-state index is 12.6. The summed E-state index contributed by atoms with van der Waals surface area (Å²) >= 11 is 0. The van der Waals surface area contributed by atoms with Crippen molar-refractivity contribution < 1.29 is 19.0 Å². The Morgan fingerprint density at radius 3 is 2.48 bits per heavy atom. The van der Waals surface area contributed by atoms with E-state index in [4.69, 9.17) is 14.2 Å². The minimum atomic E-state index is -0.570. The van der Waals surface area contributed by atoms with E-state index in [2.05, 4.69) is 36.1 Å². The number of likely N-dealkylation sites (tertiary alicyclic amines) is 1. The van der Waals surface area contributed by atoms with Crippen LogP contribution >= 0.6 is 0 Å². The van der Waals surface area contributed by atoms with Crippen molar-refractivity contribution in [1.82, 2.24) is 4.90 Å². The number of hydrogen-bond acceptors (Lipinski definition) is 4. The summed E-state index contributed by atoms with van der Waals surface area (Å²) in [4.78, 5) is 14.3. The molecule has 0 unspecified atom stereocenters. The van der Waals surface area contributed by atoms with Gasteiger partial charge >= 0.3 is 6.09 Å². The Kier molecular flexibility index (Phi) is 4.75. The number of carbonyl (C=O) groups excluding carboxylic acids is 1. The highest BCUT2D eigenvalue weighted by atomic mass is 16.6. The lowest BCUT2D eigenvalue weighted by atomic mass is 9.95. The first-order chi connectivity index (χ1) is 14.3. The molecule has 29 heavy (non-hydrogen) atoms. The number of amides is 1. The van der Waals surface area contributed by atoms with E-state index in [0.29, 0.717) is 39.5 Å². The van der Waals surface area contributed by atoms with Crippen molar-refractivity contribution in [1.29, 1.82) is 0 Å². The van der Waals surface area contributed by atoms with Crippen LogP contribution in [0, 0.1) is 11.8 Å². The van der Waals surface area contributed by atoms with E-state index in [-0.39, 0.29) is 12.0 Å². The van der Waals surface area contributed by atoms with Gasteiger partial charge in [0.1, 0.15) is 13.2 Å². The van der Waals surface area contributed by atoms with Gasteiger partial charge in [-0.1, -0.05) is 60.4 Å². The van der Waals surface area contributed by atoms with Crippen molar-refractivity contribution in [3.8, 4) is 23.0 Å². The second-order valence-electron chi connectivity index (χ2n) is 7.71. The van der Waals surface area contributed by atoms with Crippen molar-refractivity contribution in [2.75, 3.05) is 39.5 Å². The third kappa shape index (κ3) is 3.39. The predicted molar refractivity (Wildman–Crippen MR) is 109 cm³/mol. The molecule has 2 aromatic rings. The monoisotopic (exact) mass is 389 g/mol. The van der Waals surface area contributed by atoms with Gasteiger partial charge in [-0.3, -0.25) is 0 Å². The summed E-state index contributed by atoms with van der Waals surface area (Å²) in [5, 5.41) is 0. The van der Waals surface area contributed by atoms with Gasteiger partial charge in [0.25, 0.3) is 0 Å². The van der Waals surface area contributed by atoms with Gasteiger partial charge in [0.05, 0.1) is 26.3 Å². The van der Waals surface area contributed by atoms with Gasteiger partial charge in [0, 0.05) is 5.92 Å². The first kappa shape index (κ1) is 18.2. The van der Waals surface area contributed by atoms with Gasteiger partial charge in [-0.25, -0.2) is 4.79 Å². The lowest BCUT2D eigenvalue weighted by molar-refractivity contribution is -0.0986. The molecule has 5 rings (SSSR count). The summed E-state index contributed by atoms with van der Waals surface area (Å²) in [5.41, 5.74) is 4.31. The molecule has 5 heteroatoms. The van der Waals surface area contributed by atoms with Crippen LogP contribution in [0.5, 0.6) is 0 Å². The molecule has 1 spiro atoms. The number of hydrogen-bond donors (Lipinski definition) is 0. The van der Waals surface area contributed by atoms with E-state index in [0.717, 1.165) is 6.42 Å². The molecule has 5 nitrogen and oxygen atoms in total. The molecule has 0 saturated carbocycles. The highest BCUT2D eigenvalue weighted by Gasteiger charge is 2.46. The van der Waals surface area contributed by atoms with Crippen LogP contribution in [0.25, 0.3) is 11.1 Å². The molecule has 2 heterocycles. The van der Waals surface area contributed by atoms with Crippen LogP contribution < -0.4 is 0 Å². The molecule has 1 aliphatic carbocycles. The van der Waals surface area contributed by atoms with Gasteiger partial charge in [-0.2, -0.15) is 0 Å². The Hall–Kier alpha value is -2.81. The zero-order valence-electron chi connectivity index (χ0n) is 16.2. The Morgan fingerprint density at radius 2 is 1.76 bits per heavy atom. The summed E-state index contributed by atoms with van der Waals surface area (Å²) in [6.07, 6.45) is 0.523. The molecule has 2 aromatic carbocycles. The molecular weight excluding hydrogens is 366 g/mol. The first-order valence-electron chi connectivity index (χ1n) is 10.1. The van der Waals surface area contributed by atoms with Gasteiger partial charge < -0.3 is 19.1 Å². The summed E-state index contributed by atoms with van der Waals surface area (Å²) in [6, 6.07) is 16.7. The molecule has 0 atom stereocenters. The Balaban J connectivity index is 1.24. The normalized spacial score (nSPS) is 19.7. The Morgan fingerprint density at radius 1 is 1.07 bits per heavy atom. The van der Waals surface area contributed by atoms with Crippen molar-refractivity contribution in [3.05, 3.63) is 59.7 Å². The number of nitrogens with zero attached hydrogens (tertiary/aromatic N) is 1. The van der Waals surface area contributed by atoms with Crippen LogP contribution in [-0.2, 0) is 14.2 Å². The predicted octanol–water partition coefficient (Wildman–Crippen LogP) is 3.43. The zero-order valence-corrected chi connectivity index (χ0v) is 16.2. The lowest BCUT2D eigenvalue weighted by Gasteiger charge is -2.45. The average molecular weight is 389 g/mol. The fourth-order valence-electron chi connectivity index (χ4n) is 4.34. The number of rotatable bonds is 2. The topological polar surface area (TPSA) is 48.0 Å². The van der Waals surface area contributed by atoms with Crippen molar-refractivity contribution >= 4 is 6.09 Å². The molecule has 148 valence electrons. The van der Waals surface area contributed by atoms with E-state index < -0.39 is 5.60 Å². The Bertz CT molecular complexity index is 938. The first-order valence-corrected chi connectivity index (χ1v) is 10.1. The lowest BCUT2D eigenvalue weighted by Crippen LogP contribution is -2.64. The third-order valence-corrected chi connectivity index (χ3v) is 5.79. The second kappa shape index (κ2) is 7.55. The van der Waals surface area contributed by atoms with Crippen LogP contribution in [0.15, 0.2) is 48.5 Å². The summed E-state index contributed by atoms with van der Waals surface area (Å²) < 4.78 is 17.0. The van der Waals surface area contributed by atoms with Crippen molar-refractivity contribution in [2.24, 2.45) is 0 Å². The van der Waals surface area contributed by atoms with E-state index in [9.17, 15) is 4.79 Å². The molecule has 3 aliphatic rings.